The molecule has 0 saturated heterocycles. The van der Waals surface area contributed by atoms with Crippen LogP contribution in [-0.4, -0.2) is 26.6 Å². The van der Waals surface area contributed by atoms with Crippen LogP contribution in [0.5, 0.6) is 0 Å². The van der Waals surface area contributed by atoms with Crippen LogP contribution in [0.4, 0.5) is 14.5 Å². The number of nitro benzene ring substituents is 1. The molecule has 0 fully saturated rings. The Balaban J connectivity index is 2.53. The summed E-state index contributed by atoms with van der Waals surface area (Å²) in [4.78, 5) is 13.5. The molecule has 19 heavy (non-hydrogen) atoms. The lowest BCUT2D eigenvalue weighted by atomic mass is 10.1. The second-order valence-corrected chi connectivity index (χ2v) is 3.66. The van der Waals surface area contributed by atoms with Gasteiger partial charge in [-0.1, -0.05) is 0 Å². The molecular formula is C10H9F2N5O2. The fourth-order valence-corrected chi connectivity index (χ4v) is 1.54. The van der Waals surface area contributed by atoms with Gasteiger partial charge in [0.1, 0.15) is 11.6 Å². The fraction of sp³-hybridized carbons (Fsp3) is 0.200. The van der Waals surface area contributed by atoms with Crippen LogP contribution in [0.25, 0.3) is 11.4 Å². The first-order valence-electron chi connectivity index (χ1n) is 5.28. The third kappa shape index (κ3) is 2.40. The van der Waals surface area contributed by atoms with Crippen molar-refractivity contribution in [1.29, 1.82) is 0 Å². The molecule has 0 saturated carbocycles. The molecule has 0 unspecified atom stereocenters. The standard InChI is InChI=1S/C10H9F2N5O2/c11-5-1-2-6(17(18)19)9(12)8(5)10-14-7(3-4-13)15-16-10/h1-2H,3-4,13H2,(H,14,15,16). The van der Waals surface area contributed by atoms with Crippen LogP contribution in [0, 0.1) is 21.7 Å². The Morgan fingerprint density at radius 3 is 2.79 bits per heavy atom. The van der Waals surface area contributed by atoms with Crippen molar-refractivity contribution in [2.45, 2.75) is 6.42 Å². The van der Waals surface area contributed by atoms with Crippen molar-refractivity contribution >= 4 is 5.69 Å². The quantitative estimate of drug-likeness (QED) is 0.639. The number of rotatable bonds is 4. The minimum absolute atomic E-state index is 0.276. The van der Waals surface area contributed by atoms with E-state index in [1.165, 1.54) is 0 Å². The van der Waals surface area contributed by atoms with Crippen molar-refractivity contribution in [3.8, 4) is 11.4 Å². The maximum Gasteiger partial charge on any atom is 0.305 e. The summed E-state index contributed by atoms with van der Waals surface area (Å²) in [5.74, 6) is -2.20. The number of H-pyrrole nitrogens is 1. The maximum absolute atomic E-state index is 13.9. The molecule has 0 radical (unpaired) electrons. The molecule has 1 aromatic heterocycles. The molecule has 0 aliphatic rings. The van der Waals surface area contributed by atoms with E-state index in [9.17, 15) is 18.9 Å². The van der Waals surface area contributed by atoms with Gasteiger partial charge in [0, 0.05) is 12.5 Å². The molecule has 100 valence electrons. The van der Waals surface area contributed by atoms with E-state index in [4.69, 9.17) is 5.73 Å². The first-order chi connectivity index (χ1) is 9.04. The summed E-state index contributed by atoms with van der Waals surface area (Å²) in [6.07, 6.45) is 0.352. The van der Waals surface area contributed by atoms with E-state index in [1.54, 1.807) is 0 Å². The van der Waals surface area contributed by atoms with E-state index in [1.807, 2.05) is 0 Å². The van der Waals surface area contributed by atoms with Crippen molar-refractivity contribution < 1.29 is 13.7 Å². The van der Waals surface area contributed by atoms with Crippen LogP contribution < -0.4 is 5.73 Å². The van der Waals surface area contributed by atoms with Gasteiger partial charge in [-0.2, -0.15) is 9.49 Å². The summed E-state index contributed by atoms with van der Waals surface area (Å²) in [6, 6.07) is 1.55. The summed E-state index contributed by atoms with van der Waals surface area (Å²) >= 11 is 0. The zero-order valence-electron chi connectivity index (χ0n) is 9.56. The number of hydrogen-bond acceptors (Lipinski definition) is 5. The summed E-state index contributed by atoms with van der Waals surface area (Å²) in [5.41, 5.74) is 3.84. The highest BCUT2D eigenvalue weighted by molar-refractivity contribution is 5.61. The summed E-state index contributed by atoms with van der Waals surface area (Å²) in [7, 11) is 0. The normalized spacial score (nSPS) is 10.7. The van der Waals surface area contributed by atoms with E-state index in [2.05, 4.69) is 15.2 Å². The predicted molar refractivity (Wildman–Crippen MR) is 61.1 cm³/mol. The van der Waals surface area contributed by atoms with Gasteiger partial charge in [0.25, 0.3) is 0 Å². The Kier molecular flexibility index (Phi) is 3.47. The van der Waals surface area contributed by atoms with Crippen LogP contribution in [0.2, 0.25) is 0 Å². The molecule has 2 rings (SSSR count). The van der Waals surface area contributed by atoms with Gasteiger partial charge < -0.3 is 5.73 Å². The van der Waals surface area contributed by atoms with Crippen molar-refractivity contribution in [1.82, 2.24) is 15.2 Å². The first-order valence-corrected chi connectivity index (χ1v) is 5.28. The van der Waals surface area contributed by atoms with Gasteiger partial charge in [-0.25, -0.2) is 9.37 Å². The van der Waals surface area contributed by atoms with Gasteiger partial charge in [-0.05, 0) is 12.6 Å². The zero-order valence-corrected chi connectivity index (χ0v) is 9.56. The molecule has 7 nitrogen and oxygen atoms in total. The summed E-state index contributed by atoms with van der Waals surface area (Å²) < 4.78 is 27.5. The number of halogens is 2. The molecule has 0 bridgehead atoms. The first kappa shape index (κ1) is 13.0. The molecule has 2 aromatic rings. The Bertz CT molecular complexity index is 628. The lowest BCUT2D eigenvalue weighted by molar-refractivity contribution is -0.387. The number of aromatic amines is 1. The summed E-state index contributed by atoms with van der Waals surface area (Å²) in [6.45, 7) is 0.286. The average molecular weight is 269 g/mol. The molecule has 1 aromatic carbocycles. The highest BCUT2D eigenvalue weighted by Gasteiger charge is 2.25. The van der Waals surface area contributed by atoms with Crippen molar-refractivity contribution in [2.24, 2.45) is 5.73 Å². The number of nitrogens with two attached hydrogens (primary N) is 1. The largest absolute Gasteiger partial charge is 0.330 e. The van der Waals surface area contributed by atoms with Gasteiger partial charge in [0.15, 0.2) is 5.82 Å². The third-order valence-electron chi connectivity index (χ3n) is 2.40. The predicted octanol–water partition coefficient (Wildman–Crippen LogP) is 1.16. The SMILES string of the molecule is NCCc1nc(-c2c(F)ccc([N+](=O)[O-])c2F)n[nH]1. The fourth-order valence-electron chi connectivity index (χ4n) is 1.54. The monoisotopic (exact) mass is 269 g/mol. The van der Waals surface area contributed by atoms with Crippen LogP contribution in [0.3, 0.4) is 0 Å². The van der Waals surface area contributed by atoms with Gasteiger partial charge in [-0.15, -0.1) is 0 Å². The van der Waals surface area contributed by atoms with E-state index in [-0.39, 0.29) is 12.4 Å². The minimum Gasteiger partial charge on any atom is -0.330 e. The smallest absolute Gasteiger partial charge is 0.305 e. The van der Waals surface area contributed by atoms with Crippen molar-refractivity contribution in [2.75, 3.05) is 6.54 Å². The number of hydrogen-bond donors (Lipinski definition) is 2. The average Bonchev–Trinajstić information content (AvgIpc) is 2.77. The molecule has 0 aliphatic heterocycles. The number of aromatic nitrogens is 3. The summed E-state index contributed by atoms with van der Waals surface area (Å²) in [5, 5.41) is 16.7. The number of nitro groups is 1. The second-order valence-electron chi connectivity index (χ2n) is 3.66. The molecule has 0 atom stereocenters. The Morgan fingerprint density at radius 2 is 2.16 bits per heavy atom. The highest BCUT2D eigenvalue weighted by atomic mass is 19.1. The number of nitrogens with zero attached hydrogens (tertiary/aromatic N) is 3. The molecular weight excluding hydrogens is 260 g/mol. The van der Waals surface area contributed by atoms with Gasteiger partial charge in [-0.3, -0.25) is 15.2 Å². The Hall–Kier alpha value is -2.42. The van der Waals surface area contributed by atoms with Gasteiger partial charge >= 0.3 is 5.69 Å². The maximum atomic E-state index is 13.9. The van der Waals surface area contributed by atoms with Gasteiger partial charge in [0.2, 0.25) is 5.82 Å². The molecule has 0 aliphatic carbocycles. The van der Waals surface area contributed by atoms with E-state index in [0.29, 0.717) is 12.2 Å². The molecule has 0 spiro atoms. The Morgan fingerprint density at radius 1 is 1.42 bits per heavy atom. The number of benzene rings is 1. The topological polar surface area (TPSA) is 111 Å². The van der Waals surface area contributed by atoms with Crippen LogP contribution in [0.1, 0.15) is 5.82 Å². The minimum atomic E-state index is -1.30. The molecule has 3 N–H and O–H groups in total. The van der Waals surface area contributed by atoms with E-state index >= 15 is 0 Å². The molecule has 0 amide bonds. The molecule has 1 heterocycles. The second kappa shape index (κ2) is 5.06. The van der Waals surface area contributed by atoms with Gasteiger partial charge in [0.05, 0.1) is 10.5 Å². The van der Waals surface area contributed by atoms with Crippen LogP contribution in [0.15, 0.2) is 12.1 Å². The number of nitrogens with one attached hydrogen (secondary N) is 1. The third-order valence-corrected chi connectivity index (χ3v) is 2.40. The van der Waals surface area contributed by atoms with E-state index < -0.39 is 27.8 Å². The Labute approximate surface area is 105 Å². The van der Waals surface area contributed by atoms with Crippen LogP contribution >= 0.6 is 0 Å². The lowest BCUT2D eigenvalue weighted by Gasteiger charge is -2.01. The van der Waals surface area contributed by atoms with Crippen molar-refractivity contribution in [3.63, 3.8) is 0 Å². The zero-order chi connectivity index (χ0) is 14.0. The van der Waals surface area contributed by atoms with Crippen LogP contribution in [-0.2, 0) is 6.42 Å². The molecule has 9 heteroatoms. The van der Waals surface area contributed by atoms with Crippen molar-refractivity contribution in [3.05, 3.63) is 39.7 Å². The lowest BCUT2D eigenvalue weighted by Crippen LogP contribution is -2.04. The highest BCUT2D eigenvalue weighted by Crippen LogP contribution is 2.29. The van der Waals surface area contributed by atoms with E-state index in [0.717, 1.165) is 12.1 Å².